The lowest BCUT2D eigenvalue weighted by Gasteiger charge is -2.13. The minimum Gasteiger partial charge on any atom is -0.481 e. The van der Waals surface area contributed by atoms with Crippen molar-refractivity contribution in [1.29, 1.82) is 0 Å². The molecule has 0 bridgehead atoms. The number of halogens is 2. The zero-order valence-electron chi connectivity index (χ0n) is 9.88. The first-order valence-electron chi connectivity index (χ1n) is 4.60. The number of hydrogen-bond acceptors (Lipinski definition) is 2. The largest absolute Gasteiger partial charge is 0.481 e. The van der Waals surface area contributed by atoms with Gasteiger partial charge in [0.2, 0.25) is 0 Å². The van der Waals surface area contributed by atoms with Gasteiger partial charge in [0.15, 0.2) is 0 Å². The molecule has 0 aromatic carbocycles. The van der Waals surface area contributed by atoms with E-state index in [0.717, 1.165) is 0 Å². The monoisotopic (exact) mass is 272 g/mol. The SMILES string of the molecule is CC(C)(CCl)C(=O)O.CC(C)(CCl)C(=O)O. The minimum atomic E-state index is -0.854. The molecule has 96 valence electrons. The number of rotatable bonds is 4. The van der Waals surface area contributed by atoms with Crippen molar-refractivity contribution in [1.82, 2.24) is 0 Å². The predicted octanol–water partition coefficient (Wildman–Crippen LogP) is 2.67. The maximum atomic E-state index is 10.2. The highest BCUT2D eigenvalue weighted by molar-refractivity contribution is 6.19. The molecule has 0 aliphatic heterocycles. The van der Waals surface area contributed by atoms with Crippen LogP contribution in [0.15, 0.2) is 0 Å². The van der Waals surface area contributed by atoms with Gasteiger partial charge in [0.05, 0.1) is 10.8 Å². The molecular weight excluding hydrogens is 255 g/mol. The van der Waals surface area contributed by atoms with Crippen LogP contribution in [0.2, 0.25) is 0 Å². The topological polar surface area (TPSA) is 74.6 Å². The Balaban J connectivity index is 0. The molecule has 0 heterocycles. The summed E-state index contributed by atoms with van der Waals surface area (Å²) in [6.07, 6.45) is 0. The summed E-state index contributed by atoms with van der Waals surface area (Å²) in [5, 5.41) is 16.7. The van der Waals surface area contributed by atoms with Gasteiger partial charge >= 0.3 is 11.9 Å². The van der Waals surface area contributed by atoms with Gasteiger partial charge in [-0.1, -0.05) is 0 Å². The van der Waals surface area contributed by atoms with Crippen LogP contribution in [0.5, 0.6) is 0 Å². The molecule has 6 heteroatoms. The smallest absolute Gasteiger partial charge is 0.310 e. The normalized spacial score (nSPS) is 11.4. The summed E-state index contributed by atoms with van der Waals surface area (Å²) in [4.78, 5) is 20.3. The summed E-state index contributed by atoms with van der Waals surface area (Å²) >= 11 is 10.6. The first kappa shape index (κ1) is 17.9. The van der Waals surface area contributed by atoms with Gasteiger partial charge in [0, 0.05) is 11.8 Å². The molecule has 0 atom stereocenters. The second kappa shape index (κ2) is 6.97. The van der Waals surface area contributed by atoms with E-state index in [-0.39, 0.29) is 11.8 Å². The third kappa shape index (κ3) is 6.90. The van der Waals surface area contributed by atoms with Crippen LogP contribution < -0.4 is 0 Å². The number of carboxylic acids is 2. The van der Waals surface area contributed by atoms with Gasteiger partial charge in [0.1, 0.15) is 0 Å². The highest BCUT2D eigenvalue weighted by Crippen LogP contribution is 2.16. The van der Waals surface area contributed by atoms with Crippen LogP contribution in [0, 0.1) is 10.8 Å². The lowest BCUT2D eigenvalue weighted by Crippen LogP contribution is -2.24. The van der Waals surface area contributed by atoms with Crippen LogP contribution in [0.1, 0.15) is 27.7 Å². The Morgan fingerprint density at radius 1 is 0.875 bits per heavy atom. The van der Waals surface area contributed by atoms with E-state index < -0.39 is 22.8 Å². The Hall–Kier alpha value is -0.480. The van der Waals surface area contributed by atoms with Gasteiger partial charge in [-0.25, -0.2) is 0 Å². The van der Waals surface area contributed by atoms with Gasteiger partial charge in [-0.15, -0.1) is 23.2 Å². The zero-order chi connectivity index (χ0) is 13.6. The van der Waals surface area contributed by atoms with Crippen molar-refractivity contribution in [2.24, 2.45) is 10.8 Å². The third-order valence-corrected chi connectivity index (χ3v) is 3.16. The molecule has 16 heavy (non-hydrogen) atoms. The average molecular weight is 273 g/mol. The molecule has 0 aliphatic rings. The van der Waals surface area contributed by atoms with Crippen LogP contribution in [-0.2, 0) is 9.59 Å². The van der Waals surface area contributed by atoms with Crippen LogP contribution >= 0.6 is 23.2 Å². The van der Waals surface area contributed by atoms with E-state index in [2.05, 4.69) is 0 Å². The van der Waals surface area contributed by atoms with E-state index in [1.165, 1.54) is 0 Å². The van der Waals surface area contributed by atoms with Crippen LogP contribution in [0.3, 0.4) is 0 Å². The Morgan fingerprint density at radius 2 is 1.06 bits per heavy atom. The van der Waals surface area contributed by atoms with E-state index in [1.54, 1.807) is 27.7 Å². The Kier molecular flexibility index (Phi) is 7.79. The number of hydrogen-bond donors (Lipinski definition) is 2. The Bertz CT molecular complexity index is 223. The van der Waals surface area contributed by atoms with Crippen LogP contribution in [0.4, 0.5) is 0 Å². The van der Waals surface area contributed by atoms with E-state index >= 15 is 0 Å². The summed E-state index contributed by atoms with van der Waals surface area (Å²) in [6, 6.07) is 0. The lowest BCUT2D eigenvalue weighted by atomic mass is 9.97. The van der Waals surface area contributed by atoms with Crippen LogP contribution in [-0.4, -0.2) is 33.9 Å². The fraction of sp³-hybridized carbons (Fsp3) is 0.800. The van der Waals surface area contributed by atoms with Gasteiger partial charge in [0.25, 0.3) is 0 Å². The number of carbonyl (C=O) groups is 2. The molecule has 0 radical (unpaired) electrons. The Morgan fingerprint density at radius 3 is 1.06 bits per heavy atom. The lowest BCUT2D eigenvalue weighted by molar-refractivity contribution is -0.146. The molecule has 0 saturated heterocycles. The van der Waals surface area contributed by atoms with Crippen molar-refractivity contribution in [2.45, 2.75) is 27.7 Å². The van der Waals surface area contributed by atoms with Gasteiger partial charge < -0.3 is 10.2 Å². The quantitative estimate of drug-likeness (QED) is 0.772. The highest BCUT2D eigenvalue weighted by atomic mass is 35.5. The predicted molar refractivity (Wildman–Crippen MR) is 64.3 cm³/mol. The third-order valence-electron chi connectivity index (χ3n) is 1.83. The molecule has 4 nitrogen and oxygen atoms in total. The van der Waals surface area contributed by atoms with Crippen LogP contribution in [0.25, 0.3) is 0 Å². The first-order chi connectivity index (χ1) is 7.01. The molecule has 2 N–H and O–H groups in total. The summed E-state index contributed by atoms with van der Waals surface area (Å²) in [7, 11) is 0. The summed E-state index contributed by atoms with van der Waals surface area (Å²) in [6.45, 7) is 6.34. The number of aliphatic carboxylic acids is 2. The Labute approximate surface area is 106 Å². The van der Waals surface area contributed by atoms with E-state index in [1.807, 2.05) is 0 Å². The van der Waals surface area contributed by atoms with Gasteiger partial charge in [-0.3, -0.25) is 9.59 Å². The van der Waals surface area contributed by atoms with E-state index in [9.17, 15) is 9.59 Å². The second-order valence-electron chi connectivity index (χ2n) is 4.65. The van der Waals surface area contributed by atoms with E-state index in [0.29, 0.717) is 0 Å². The highest BCUT2D eigenvalue weighted by Gasteiger charge is 2.25. The number of alkyl halides is 2. The molecule has 0 aliphatic carbocycles. The van der Waals surface area contributed by atoms with Crippen molar-refractivity contribution in [3.63, 3.8) is 0 Å². The summed E-state index contributed by atoms with van der Waals surface area (Å²) in [5.41, 5.74) is -1.55. The molecule has 0 rings (SSSR count). The van der Waals surface area contributed by atoms with Crippen molar-refractivity contribution >= 4 is 35.1 Å². The maximum absolute atomic E-state index is 10.2. The van der Waals surface area contributed by atoms with E-state index in [4.69, 9.17) is 33.4 Å². The average Bonchev–Trinajstić information content (AvgIpc) is 2.18. The van der Waals surface area contributed by atoms with Crippen molar-refractivity contribution in [3.05, 3.63) is 0 Å². The number of carboxylic acid groups (broad SMARTS) is 2. The molecule has 0 spiro atoms. The molecule has 0 amide bonds. The molecule has 0 fully saturated rings. The molecule has 0 unspecified atom stereocenters. The van der Waals surface area contributed by atoms with Crippen molar-refractivity contribution < 1.29 is 19.8 Å². The fourth-order valence-corrected chi connectivity index (χ4v) is 0.343. The standard InChI is InChI=1S/2C5H9ClO2/c2*1-5(2,3-6)4(7)8/h2*3H2,1-2H3,(H,7,8). The van der Waals surface area contributed by atoms with Gasteiger partial charge in [-0.05, 0) is 27.7 Å². The summed E-state index contributed by atoms with van der Waals surface area (Å²) in [5.74, 6) is -1.40. The molecular formula is C10H18Cl2O4. The summed E-state index contributed by atoms with van der Waals surface area (Å²) < 4.78 is 0. The van der Waals surface area contributed by atoms with Crippen molar-refractivity contribution in [3.8, 4) is 0 Å². The molecule has 0 aromatic rings. The minimum absolute atomic E-state index is 0.155. The fourth-order valence-electron chi connectivity index (χ4n) is 0.114. The zero-order valence-corrected chi connectivity index (χ0v) is 11.4. The molecule has 0 aromatic heterocycles. The van der Waals surface area contributed by atoms with Crippen molar-refractivity contribution in [2.75, 3.05) is 11.8 Å². The molecule has 0 saturated carbocycles. The first-order valence-corrected chi connectivity index (χ1v) is 5.67. The second-order valence-corrected chi connectivity index (χ2v) is 5.18. The van der Waals surface area contributed by atoms with Gasteiger partial charge in [-0.2, -0.15) is 0 Å². The maximum Gasteiger partial charge on any atom is 0.310 e.